The summed E-state index contributed by atoms with van der Waals surface area (Å²) >= 11 is 0. The summed E-state index contributed by atoms with van der Waals surface area (Å²) in [5, 5.41) is 0. The van der Waals surface area contributed by atoms with E-state index in [1.165, 1.54) is 32.4 Å². The summed E-state index contributed by atoms with van der Waals surface area (Å²) in [7, 11) is 0. The van der Waals surface area contributed by atoms with Crippen molar-refractivity contribution < 1.29 is 0 Å². The van der Waals surface area contributed by atoms with Crippen molar-refractivity contribution in [2.24, 2.45) is 17.6 Å². The Morgan fingerprint density at radius 1 is 1.20 bits per heavy atom. The van der Waals surface area contributed by atoms with Crippen molar-refractivity contribution in [1.82, 2.24) is 4.90 Å². The lowest BCUT2D eigenvalue weighted by Gasteiger charge is -2.47. The fourth-order valence-corrected chi connectivity index (χ4v) is 2.81. The second-order valence-electron chi connectivity index (χ2n) is 5.32. The Labute approximate surface area is 95.2 Å². The van der Waals surface area contributed by atoms with E-state index in [1.54, 1.807) is 0 Å². The van der Waals surface area contributed by atoms with E-state index in [2.05, 4.69) is 32.6 Å². The predicted octanol–water partition coefficient (Wildman–Crippen LogP) is 2.48. The van der Waals surface area contributed by atoms with Gasteiger partial charge in [0.05, 0.1) is 0 Å². The Morgan fingerprint density at radius 3 is 2.20 bits per heavy atom. The number of piperidine rings is 1. The van der Waals surface area contributed by atoms with Gasteiger partial charge in [0.15, 0.2) is 0 Å². The Morgan fingerprint density at radius 2 is 1.80 bits per heavy atom. The number of hydrogen-bond acceptors (Lipinski definition) is 2. The minimum absolute atomic E-state index is 0.272. The maximum Gasteiger partial charge on any atom is 0.0326 e. The Bertz CT molecular complexity index is 179. The van der Waals surface area contributed by atoms with Gasteiger partial charge in [0.2, 0.25) is 0 Å². The number of nitrogens with zero attached hydrogens (tertiary/aromatic N) is 1. The molecule has 15 heavy (non-hydrogen) atoms. The molecular weight excluding hydrogens is 184 g/mol. The highest BCUT2D eigenvalue weighted by atomic mass is 15.2. The summed E-state index contributed by atoms with van der Waals surface area (Å²) in [5.74, 6) is 1.70. The highest BCUT2D eigenvalue weighted by molar-refractivity contribution is 4.92. The Hall–Kier alpha value is -0.0800. The van der Waals surface area contributed by atoms with Gasteiger partial charge < -0.3 is 5.73 Å². The number of hydrogen-bond donors (Lipinski definition) is 1. The highest BCUT2D eigenvalue weighted by Crippen LogP contribution is 2.31. The van der Waals surface area contributed by atoms with Crippen LogP contribution in [0.15, 0.2) is 0 Å². The molecule has 2 nitrogen and oxygen atoms in total. The van der Waals surface area contributed by atoms with Crippen molar-refractivity contribution in [3.63, 3.8) is 0 Å². The Kier molecular flexibility index (Phi) is 4.60. The van der Waals surface area contributed by atoms with Crippen LogP contribution in [0.25, 0.3) is 0 Å². The Balaban J connectivity index is 2.69. The van der Waals surface area contributed by atoms with Crippen LogP contribution in [-0.4, -0.2) is 30.1 Å². The maximum atomic E-state index is 6.00. The molecule has 0 aromatic rings. The maximum absolute atomic E-state index is 6.00. The van der Waals surface area contributed by atoms with E-state index in [9.17, 15) is 0 Å². The van der Waals surface area contributed by atoms with E-state index in [0.29, 0.717) is 0 Å². The van der Waals surface area contributed by atoms with Gasteiger partial charge in [-0.2, -0.15) is 0 Å². The lowest BCUT2D eigenvalue weighted by molar-refractivity contribution is 0.0252. The van der Waals surface area contributed by atoms with Crippen LogP contribution >= 0.6 is 0 Å². The van der Waals surface area contributed by atoms with Crippen molar-refractivity contribution in [2.45, 2.75) is 52.5 Å². The van der Waals surface area contributed by atoms with Gasteiger partial charge >= 0.3 is 0 Å². The third-order valence-corrected chi connectivity index (χ3v) is 4.70. The van der Waals surface area contributed by atoms with E-state index < -0.39 is 0 Å². The molecule has 0 saturated carbocycles. The van der Waals surface area contributed by atoms with Gasteiger partial charge in [-0.05, 0) is 37.6 Å². The summed E-state index contributed by atoms with van der Waals surface area (Å²) in [6.45, 7) is 12.6. The molecule has 2 N–H and O–H groups in total. The molecule has 1 aliphatic rings. The first kappa shape index (κ1) is 13.0. The fraction of sp³-hybridized carbons (Fsp3) is 1.00. The van der Waals surface area contributed by atoms with Crippen LogP contribution < -0.4 is 5.73 Å². The van der Waals surface area contributed by atoms with Crippen LogP contribution in [0.4, 0.5) is 0 Å². The van der Waals surface area contributed by atoms with E-state index in [4.69, 9.17) is 5.73 Å². The van der Waals surface area contributed by atoms with Crippen molar-refractivity contribution in [1.29, 1.82) is 0 Å². The molecule has 0 spiro atoms. The third kappa shape index (κ3) is 2.54. The highest BCUT2D eigenvalue weighted by Gasteiger charge is 2.35. The van der Waals surface area contributed by atoms with Gasteiger partial charge in [-0.15, -0.1) is 0 Å². The van der Waals surface area contributed by atoms with Crippen LogP contribution in [0.1, 0.15) is 47.0 Å². The molecule has 2 heteroatoms. The van der Waals surface area contributed by atoms with Crippen LogP contribution in [0.5, 0.6) is 0 Å². The fourth-order valence-electron chi connectivity index (χ4n) is 2.81. The van der Waals surface area contributed by atoms with E-state index in [-0.39, 0.29) is 5.54 Å². The summed E-state index contributed by atoms with van der Waals surface area (Å²) in [6.07, 6.45) is 3.70. The molecule has 1 fully saturated rings. The van der Waals surface area contributed by atoms with Crippen molar-refractivity contribution in [3.05, 3.63) is 0 Å². The van der Waals surface area contributed by atoms with Gasteiger partial charge in [-0.3, -0.25) is 4.90 Å². The molecule has 1 rings (SSSR count). The van der Waals surface area contributed by atoms with Crippen molar-refractivity contribution in [3.8, 4) is 0 Å². The minimum Gasteiger partial charge on any atom is -0.329 e. The zero-order valence-corrected chi connectivity index (χ0v) is 10.9. The average Bonchev–Trinajstić information content (AvgIpc) is 2.26. The van der Waals surface area contributed by atoms with Crippen LogP contribution in [0.2, 0.25) is 0 Å². The summed E-state index contributed by atoms with van der Waals surface area (Å²) in [5.41, 5.74) is 6.27. The molecule has 90 valence electrons. The first-order chi connectivity index (χ1) is 7.09. The minimum atomic E-state index is 0.272. The second kappa shape index (κ2) is 5.31. The SMILES string of the molecule is CCC(CC)(CN)N1CCC(C)C(C)C1. The molecule has 1 heterocycles. The van der Waals surface area contributed by atoms with Gasteiger partial charge in [-0.1, -0.05) is 27.7 Å². The van der Waals surface area contributed by atoms with Gasteiger partial charge in [0.1, 0.15) is 0 Å². The molecule has 0 aromatic heterocycles. The van der Waals surface area contributed by atoms with Crippen LogP contribution in [0, 0.1) is 11.8 Å². The normalized spacial score (nSPS) is 29.4. The molecular formula is C13H28N2. The van der Waals surface area contributed by atoms with Gasteiger partial charge in [0.25, 0.3) is 0 Å². The molecule has 1 saturated heterocycles. The predicted molar refractivity (Wildman–Crippen MR) is 66.9 cm³/mol. The first-order valence-corrected chi connectivity index (χ1v) is 6.54. The monoisotopic (exact) mass is 212 g/mol. The molecule has 2 unspecified atom stereocenters. The summed E-state index contributed by atoms with van der Waals surface area (Å²) < 4.78 is 0. The molecule has 0 aliphatic carbocycles. The molecule has 0 radical (unpaired) electrons. The largest absolute Gasteiger partial charge is 0.329 e. The zero-order chi connectivity index (χ0) is 11.5. The van der Waals surface area contributed by atoms with E-state index in [1.807, 2.05) is 0 Å². The van der Waals surface area contributed by atoms with Gasteiger partial charge in [-0.25, -0.2) is 0 Å². The lowest BCUT2D eigenvalue weighted by atomic mass is 9.82. The molecule has 0 bridgehead atoms. The van der Waals surface area contributed by atoms with E-state index in [0.717, 1.165) is 18.4 Å². The summed E-state index contributed by atoms with van der Waals surface area (Å²) in [6, 6.07) is 0. The standard InChI is InChI=1S/C13H28N2/c1-5-13(6-2,10-14)15-8-7-11(3)12(4)9-15/h11-12H,5-10,14H2,1-4H3. The first-order valence-electron chi connectivity index (χ1n) is 6.54. The number of nitrogens with two attached hydrogens (primary N) is 1. The van der Waals surface area contributed by atoms with E-state index >= 15 is 0 Å². The molecule has 0 aromatic carbocycles. The number of rotatable bonds is 4. The second-order valence-corrected chi connectivity index (χ2v) is 5.32. The van der Waals surface area contributed by atoms with Crippen LogP contribution in [-0.2, 0) is 0 Å². The third-order valence-electron chi connectivity index (χ3n) is 4.70. The lowest BCUT2D eigenvalue weighted by Crippen LogP contribution is -2.57. The smallest absolute Gasteiger partial charge is 0.0326 e. The topological polar surface area (TPSA) is 29.3 Å². The van der Waals surface area contributed by atoms with Crippen molar-refractivity contribution in [2.75, 3.05) is 19.6 Å². The van der Waals surface area contributed by atoms with Crippen LogP contribution in [0.3, 0.4) is 0 Å². The van der Waals surface area contributed by atoms with Crippen molar-refractivity contribution >= 4 is 0 Å². The molecule has 0 amide bonds. The zero-order valence-electron chi connectivity index (χ0n) is 10.9. The van der Waals surface area contributed by atoms with Gasteiger partial charge in [0, 0.05) is 18.6 Å². The number of likely N-dealkylation sites (tertiary alicyclic amines) is 1. The summed E-state index contributed by atoms with van der Waals surface area (Å²) in [4.78, 5) is 2.65. The molecule has 2 atom stereocenters. The quantitative estimate of drug-likeness (QED) is 0.776. The molecule has 1 aliphatic heterocycles. The average molecular weight is 212 g/mol.